The first-order chi connectivity index (χ1) is 11.1. The van der Waals surface area contributed by atoms with Crippen molar-refractivity contribution >= 4 is 16.9 Å². The maximum Gasteiger partial charge on any atom is 0.198 e. The second-order valence-electron chi connectivity index (χ2n) is 5.53. The van der Waals surface area contributed by atoms with Crippen LogP contribution in [0.4, 0.5) is 10.3 Å². The van der Waals surface area contributed by atoms with Crippen molar-refractivity contribution in [1.29, 1.82) is 0 Å². The van der Waals surface area contributed by atoms with Gasteiger partial charge in [-0.1, -0.05) is 18.2 Å². The Morgan fingerprint density at radius 3 is 2.83 bits per heavy atom. The standard InChI is InChI=1S/C18H15FN4/c1-11-5-6-15(19)14-7-8-23(17(11)14)13-4-2-3-12(9-13)16-10-21-18(20)22-16/h2-10H,1H3,(H3,20,21,22). The number of H-pyrrole nitrogens is 1. The molecule has 4 nitrogen and oxygen atoms in total. The number of hydrogen-bond acceptors (Lipinski definition) is 2. The Balaban J connectivity index is 1.90. The summed E-state index contributed by atoms with van der Waals surface area (Å²) < 4.78 is 16.0. The van der Waals surface area contributed by atoms with Crippen molar-refractivity contribution in [2.75, 3.05) is 5.73 Å². The monoisotopic (exact) mass is 306 g/mol. The smallest absolute Gasteiger partial charge is 0.198 e. The molecule has 4 aromatic rings. The topological polar surface area (TPSA) is 59.6 Å². The largest absolute Gasteiger partial charge is 0.369 e. The third-order valence-corrected chi connectivity index (χ3v) is 4.01. The predicted molar refractivity (Wildman–Crippen MR) is 90.0 cm³/mol. The van der Waals surface area contributed by atoms with Crippen LogP contribution in [-0.2, 0) is 0 Å². The molecule has 0 amide bonds. The van der Waals surface area contributed by atoms with Crippen molar-refractivity contribution in [3.8, 4) is 16.9 Å². The van der Waals surface area contributed by atoms with Crippen molar-refractivity contribution in [3.05, 3.63) is 66.2 Å². The number of anilines is 1. The van der Waals surface area contributed by atoms with Gasteiger partial charge >= 0.3 is 0 Å². The first kappa shape index (κ1) is 13.6. The average molecular weight is 306 g/mol. The van der Waals surface area contributed by atoms with Crippen LogP contribution in [0.3, 0.4) is 0 Å². The molecule has 0 aliphatic rings. The number of hydrogen-bond donors (Lipinski definition) is 2. The van der Waals surface area contributed by atoms with Crippen LogP contribution in [0.1, 0.15) is 5.56 Å². The minimum Gasteiger partial charge on any atom is -0.369 e. The molecule has 0 aliphatic carbocycles. The Labute approximate surface area is 132 Å². The molecule has 0 aliphatic heterocycles. The zero-order valence-corrected chi connectivity index (χ0v) is 12.5. The van der Waals surface area contributed by atoms with Gasteiger partial charge in [-0.25, -0.2) is 9.37 Å². The first-order valence-electron chi connectivity index (χ1n) is 7.31. The fourth-order valence-electron chi connectivity index (χ4n) is 2.91. The van der Waals surface area contributed by atoms with Crippen LogP contribution in [0.25, 0.3) is 27.8 Å². The number of rotatable bonds is 2. The number of aryl methyl sites for hydroxylation is 1. The highest BCUT2D eigenvalue weighted by atomic mass is 19.1. The van der Waals surface area contributed by atoms with E-state index in [4.69, 9.17) is 5.73 Å². The number of nitrogens with zero attached hydrogens (tertiary/aromatic N) is 2. The molecular weight excluding hydrogens is 291 g/mol. The van der Waals surface area contributed by atoms with E-state index in [1.807, 2.05) is 42.0 Å². The van der Waals surface area contributed by atoms with Crippen LogP contribution in [0, 0.1) is 12.7 Å². The zero-order valence-electron chi connectivity index (χ0n) is 12.5. The molecular formula is C18H15FN4. The summed E-state index contributed by atoms with van der Waals surface area (Å²) in [5.74, 6) is 0.176. The number of aromatic nitrogens is 3. The van der Waals surface area contributed by atoms with Crippen LogP contribution in [0.2, 0.25) is 0 Å². The van der Waals surface area contributed by atoms with Gasteiger partial charge in [0.15, 0.2) is 5.95 Å². The molecule has 0 fully saturated rings. The number of nitrogens with two attached hydrogens (primary N) is 1. The van der Waals surface area contributed by atoms with Gasteiger partial charge in [0.2, 0.25) is 0 Å². The van der Waals surface area contributed by atoms with E-state index in [9.17, 15) is 4.39 Å². The molecule has 0 atom stereocenters. The van der Waals surface area contributed by atoms with Gasteiger partial charge in [-0.3, -0.25) is 0 Å². The van der Waals surface area contributed by atoms with E-state index >= 15 is 0 Å². The maximum absolute atomic E-state index is 14.0. The number of benzene rings is 2. The highest BCUT2D eigenvalue weighted by Gasteiger charge is 2.11. The molecule has 114 valence electrons. The molecule has 4 rings (SSSR count). The van der Waals surface area contributed by atoms with E-state index < -0.39 is 0 Å². The number of fused-ring (bicyclic) bond motifs is 1. The van der Waals surface area contributed by atoms with Crippen LogP contribution in [0.15, 0.2) is 54.9 Å². The summed E-state index contributed by atoms with van der Waals surface area (Å²) >= 11 is 0. The van der Waals surface area contributed by atoms with Crippen molar-refractivity contribution in [2.45, 2.75) is 6.92 Å². The lowest BCUT2D eigenvalue weighted by Gasteiger charge is -2.09. The Morgan fingerprint density at radius 2 is 2.04 bits per heavy atom. The van der Waals surface area contributed by atoms with E-state index in [-0.39, 0.29) is 5.82 Å². The third kappa shape index (κ3) is 2.17. The summed E-state index contributed by atoms with van der Waals surface area (Å²) in [6, 6.07) is 13.0. The molecule has 5 heteroatoms. The van der Waals surface area contributed by atoms with Crippen molar-refractivity contribution in [2.24, 2.45) is 0 Å². The lowest BCUT2D eigenvalue weighted by molar-refractivity contribution is 0.639. The number of halogens is 1. The SMILES string of the molecule is Cc1ccc(F)c2ccn(-c3cccc(-c4c[nH]c(N)n4)c3)c12. The average Bonchev–Trinajstić information content (AvgIpc) is 3.18. The normalized spacial score (nSPS) is 11.2. The lowest BCUT2D eigenvalue weighted by Crippen LogP contribution is -1.95. The maximum atomic E-state index is 14.0. The van der Waals surface area contributed by atoms with E-state index in [0.717, 1.165) is 28.0 Å². The summed E-state index contributed by atoms with van der Waals surface area (Å²) in [4.78, 5) is 7.13. The minimum absolute atomic E-state index is 0.208. The van der Waals surface area contributed by atoms with Crippen molar-refractivity contribution < 1.29 is 4.39 Å². The van der Waals surface area contributed by atoms with Gasteiger partial charge in [-0.2, -0.15) is 0 Å². The van der Waals surface area contributed by atoms with Gasteiger partial charge in [-0.05, 0) is 36.8 Å². The lowest BCUT2D eigenvalue weighted by atomic mass is 10.1. The molecule has 0 saturated carbocycles. The molecule has 0 saturated heterocycles. The van der Waals surface area contributed by atoms with E-state index in [2.05, 4.69) is 9.97 Å². The summed E-state index contributed by atoms with van der Waals surface area (Å²) in [6.07, 6.45) is 3.66. The van der Waals surface area contributed by atoms with Gasteiger partial charge in [0.25, 0.3) is 0 Å². The number of nitrogens with one attached hydrogen (secondary N) is 1. The second kappa shape index (κ2) is 4.98. The molecule has 0 unspecified atom stereocenters. The summed E-state index contributed by atoms with van der Waals surface area (Å²) in [7, 11) is 0. The van der Waals surface area contributed by atoms with Crippen LogP contribution < -0.4 is 5.73 Å². The van der Waals surface area contributed by atoms with E-state index in [1.165, 1.54) is 6.07 Å². The van der Waals surface area contributed by atoms with Gasteiger partial charge in [0.1, 0.15) is 5.82 Å². The van der Waals surface area contributed by atoms with Gasteiger partial charge in [0.05, 0.1) is 11.2 Å². The van der Waals surface area contributed by atoms with Crippen LogP contribution in [-0.4, -0.2) is 14.5 Å². The molecule has 0 bridgehead atoms. The van der Waals surface area contributed by atoms with Gasteiger partial charge < -0.3 is 15.3 Å². The van der Waals surface area contributed by atoms with E-state index in [1.54, 1.807) is 18.3 Å². The minimum atomic E-state index is -0.208. The van der Waals surface area contributed by atoms with E-state index in [0.29, 0.717) is 11.3 Å². The Kier molecular flexibility index (Phi) is 2.94. The summed E-state index contributed by atoms with van der Waals surface area (Å²) in [5.41, 5.74) is 10.2. The third-order valence-electron chi connectivity index (χ3n) is 4.01. The highest BCUT2D eigenvalue weighted by Crippen LogP contribution is 2.28. The molecule has 23 heavy (non-hydrogen) atoms. The number of aromatic amines is 1. The van der Waals surface area contributed by atoms with Crippen LogP contribution >= 0.6 is 0 Å². The summed E-state index contributed by atoms with van der Waals surface area (Å²) in [5, 5.41) is 0.624. The summed E-state index contributed by atoms with van der Waals surface area (Å²) in [6.45, 7) is 1.98. The molecule has 0 radical (unpaired) electrons. The van der Waals surface area contributed by atoms with Gasteiger partial charge in [0, 0.05) is 29.0 Å². The Morgan fingerprint density at radius 1 is 1.17 bits per heavy atom. The molecule has 2 aromatic carbocycles. The first-order valence-corrected chi connectivity index (χ1v) is 7.31. The quantitative estimate of drug-likeness (QED) is 0.587. The molecule has 0 spiro atoms. The van der Waals surface area contributed by atoms with Crippen molar-refractivity contribution in [3.63, 3.8) is 0 Å². The van der Waals surface area contributed by atoms with Gasteiger partial charge in [-0.15, -0.1) is 0 Å². The highest BCUT2D eigenvalue weighted by molar-refractivity contribution is 5.85. The molecule has 2 heterocycles. The zero-order chi connectivity index (χ0) is 16.0. The Bertz CT molecular complexity index is 1010. The Hall–Kier alpha value is -3.08. The van der Waals surface area contributed by atoms with Crippen molar-refractivity contribution in [1.82, 2.24) is 14.5 Å². The number of imidazole rings is 1. The fourth-order valence-corrected chi connectivity index (χ4v) is 2.91. The van der Waals surface area contributed by atoms with Crippen LogP contribution in [0.5, 0.6) is 0 Å². The fraction of sp³-hybridized carbons (Fsp3) is 0.0556. The number of nitrogen functional groups attached to an aromatic ring is 1. The molecule has 3 N–H and O–H groups in total. The second-order valence-corrected chi connectivity index (χ2v) is 5.53. The molecule has 2 aromatic heterocycles. The predicted octanol–water partition coefficient (Wildman–Crippen LogP) is 4.05.